The fourth-order valence-electron chi connectivity index (χ4n) is 3.55. The van der Waals surface area contributed by atoms with E-state index < -0.39 is 0 Å². The maximum absolute atomic E-state index is 13.1. The Bertz CT molecular complexity index is 841. The van der Waals surface area contributed by atoms with Gasteiger partial charge in [-0.05, 0) is 31.4 Å². The summed E-state index contributed by atoms with van der Waals surface area (Å²) in [6, 6.07) is 7.18. The van der Waals surface area contributed by atoms with E-state index >= 15 is 0 Å². The highest BCUT2D eigenvalue weighted by atomic mass is 16.5. The van der Waals surface area contributed by atoms with E-state index in [1.54, 1.807) is 0 Å². The highest BCUT2D eigenvalue weighted by molar-refractivity contribution is 6.06. The van der Waals surface area contributed by atoms with E-state index in [9.17, 15) is 9.59 Å². The van der Waals surface area contributed by atoms with Crippen molar-refractivity contribution in [2.45, 2.75) is 46.1 Å². The molecule has 1 aliphatic rings. The highest BCUT2D eigenvalue weighted by Gasteiger charge is 2.26. The number of aromatic nitrogens is 1. The third kappa shape index (κ3) is 4.33. The normalized spacial score (nSPS) is 17.8. The first-order chi connectivity index (χ1) is 12.4. The van der Waals surface area contributed by atoms with Gasteiger partial charge < -0.3 is 14.6 Å². The number of carbonyl (C=O) groups excluding carboxylic acids is 1. The van der Waals surface area contributed by atoms with Crippen molar-refractivity contribution < 1.29 is 9.53 Å². The molecule has 1 fully saturated rings. The van der Waals surface area contributed by atoms with Crippen LogP contribution in [0.15, 0.2) is 29.1 Å². The molecule has 1 N–H and O–H groups in total. The van der Waals surface area contributed by atoms with Gasteiger partial charge in [0.05, 0.1) is 18.3 Å². The SMILES string of the molecule is Cc1ccc2[nH]c(=O)cc(C(=O)N3CCO[C@H](CCCC(C)C)C3)c2c1. The number of hydrogen-bond acceptors (Lipinski definition) is 3. The van der Waals surface area contributed by atoms with Crippen LogP contribution < -0.4 is 5.56 Å². The first-order valence-corrected chi connectivity index (χ1v) is 9.48. The fourth-order valence-corrected chi connectivity index (χ4v) is 3.55. The van der Waals surface area contributed by atoms with Gasteiger partial charge in [0.25, 0.3) is 5.91 Å². The van der Waals surface area contributed by atoms with Crippen molar-refractivity contribution in [2.75, 3.05) is 19.7 Å². The Balaban J connectivity index is 1.79. The summed E-state index contributed by atoms with van der Waals surface area (Å²) < 4.78 is 5.84. The number of H-pyrrole nitrogens is 1. The van der Waals surface area contributed by atoms with E-state index in [2.05, 4.69) is 18.8 Å². The molecule has 1 aromatic heterocycles. The Morgan fingerprint density at radius 1 is 1.35 bits per heavy atom. The van der Waals surface area contributed by atoms with Crippen LogP contribution in [0.4, 0.5) is 0 Å². The number of nitrogens with zero attached hydrogens (tertiary/aromatic N) is 1. The van der Waals surface area contributed by atoms with Crippen molar-refractivity contribution in [3.05, 3.63) is 45.7 Å². The molecule has 1 atom stereocenters. The summed E-state index contributed by atoms with van der Waals surface area (Å²) >= 11 is 0. The highest BCUT2D eigenvalue weighted by Crippen LogP contribution is 2.21. The number of amides is 1. The zero-order valence-electron chi connectivity index (χ0n) is 15.9. The summed E-state index contributed by atoms with van der Waals surface area (Å²) in [4.78, 5) is 29.8. The first kappa shape index (κ1) is 18.6. The third-order valence-electron chi connectivity index (χ3n) is 4.96. The van der Waals surface area contributed by atoms with E-state index in [1.165, 1.54) is 12.5 Å². The average molecular weight is 356 g/mol. The number of ether oxygens (including phenoxy) is 1. The number of rotatable bonds is 5. The Hall–Kier alpha value is -2.14. The van der Waals surface area contributed by atoms with E-state index in [0.29, 0.717) is 36.7 Å². The van der Waals surface area contributed by atoms with Crippen LogP contribution in [-0.4, -0.2) is 41.6 Å². The third-order valence-corrected chi connectivity index (χ3v) is 4.96. The molecule has 0 aliphatic carbocycles. The molecule has 2 aromatic rings. The van der Waals surface area contributed by atoms with Gasteiger partial charge in [-0.1, -0.05) is 38.3 Å². The van der Waals surface area contributed by atoms with Crippen LogP contribution in [0.5, 0.6) is 0 Å². The molecule has 3 rings (SSSR count). The number of aromatic amines is 1. The second-order valence-corrected chi connectivity index (χ2v) is 7.67. The van der Waals surface area contributed by atoms with Crippen LogP contribution in [0.3, 0.4) is 0 Å². The van der Waals surface area contributed by atoms with Crippen molar-refractivity contribution in [1.82, 2.24) is 9.88 Å². The molecule has 1 aromatic carbocycles. The van der Waals surface area contributed by atoms with Crippen molar-refractivity contribution >= 4 is 16.8 Å². The first-order valence-electron chi connectivity index (χ1n) is 9.48. The molecule has 0 spiro atoms. The van der Waals surface area contributed by atoms with Crippen LogP contribution in [-0.2, 0) is 4.74 Å². The minimum absolute atomic E-state index is 0.0798. The van der Waals surface area contributed by atoms with Gasteiger partial charge in [-0.15, -0.1) is 0 Å². The van der Waals surface area contributed by atoms with E-state index in [1.807, 2.05) is 30.0 Å². The quantitative estimate of drug-likeness (QED) is 0.892. The van der Waals surface area contributed by atoms with Crippen LogP contribution in [0, 0.1) is 12.8 Å². The number of hydrogen-bond donors (Lipinski definition) is 1. The Morgan fingerprint density at radius 3 is 2.92 bits per heavy atom. The average Bonchev–Trinajstić information content (AvgIpc) is 2.61. The summed E-state index contributed by atoms with van der Waals surface area (Å²) in [5, 5.41) is 0.803. The standard InChI is InChI=1S/C21H28N2O3/c1-14(2)5-4-6-16-13-23(9-10-26-16)21(25)18-12-20(24)22-19-8-7-15(3)11-17(18)19/h7-8,11-12,14,16H,4-6,9-10,13H2,1-3H3,(H,22,24)/t16-/m1/s1. The molecule has 0 radical (unpaired) electrons. The lowest BCUT2D eigenvalue weighted by molar-refractivity contribution is -0.0259. The topological polar surface area (TPSA) is 62.4 Å². The number of nitrogens with one attached hydrogen (secondary N) is 1. The zero-order chi connectivity index (χ0) is 18.7. The van der Waals surface area contributed by atoms with Crippen molar-refractivity contribution in [1.29, 1.82) is 0 Å². The number of aryl methyl sites for hydroxylation is 1. The molecule has 5 heteroatoms. The van der Waals surface area contributed by atoms with Gasteiger partial charge >= 0.3 is 0 Å². The summed E-state index contributed by atoms with van der Waals surface area (Å²) in [5.41, 5.74) is 2.00. The Morgan fingerprint density at radius 2 is 2.15 bits per heavy atom. The van der Waals surface area contributed by atoms with Crippen LogP contribution in [0.1, 0.15) is 49.0 Å². The molecule has 0 saturated carbocycles. The van der Waals surface area contributed by atoms with Crippen LogP contribution >= 0.6 is 0 Å². The summed E-state index contributed by atoms with van der Waals surface area (Å²) in [6.45, 7) is 8.14. The maximum Gasteiger partial charge on any atom is 0.254 e. The van der Waals surface area contributed by atoms with Crippen LogP contribution in [0.2, 0.25) is 0 Å². The minimum atomic E-state index is -0.244. The summed E-state index contributed by atoms with van der Waals surface area (Å²) in [5.74, 6) is 0.603. The molecule has 0 bridgehead atoms. The van der Waals surface area contributed by atoms with Gasteiger partial charge in [-0.2, -0.15) is 0 Å². The molecular formula is C21H28N2O3. The van der Waals surface area contributed by atoms with Gasteiger partial charge in [-0.3, -0.25) is 9.59 Å². The second-order valence-electron chi connectivity index (χ2n) is 7.67. The monoisotopic (exact) mass is 356 g/mol. The van der Waals surface area contributed by atoms with Crippen LogP contribution in [0.25, 0.3) is 10.9 Å². The molecule has 2 heterocycles. The zero-order valence-corrected chi connectivity index (χ0v) is 15.9. The van der Waals surface area contributed by atoms with E-state index in [-0.39, 0.29) is 17.6 Å². The lowest BCUT2D eigenvalue weighted by atomic mass is 10.0. The molecule has 1 amide bonds. The van der Waals surface area contributed by atoms with Gasteiger partial charge in [0, 0.05) is 30.1 Å². The number of morpholine rings is 1. The lowest BCUT2D eigenvalue weighted by Crippen LogP contribution is -2.45. The number of fused-ring (bicyclic) bond motifs is 1. The van der Waals surface area contributed by atoms with Gasteiger partial charge in [0.15, 0.2) is 0 Å². The lowest BCUT2D eigenvalue weighted by Gasteiger charge is -2.33. The molecular weight excluding hydrogens is 328 g/mol. The van der Waals surface area contributed by atoms with E-state index in [4.69, 9.17) is 4.74 Å². The maximum atomic E-state index is 13.1. The number of carbonyl (C=O) groups is 1. The van der Waals surface area contributed by atoms with Gasteiger partial charge in [0.1, 0.15) is 0 Å². The number of pyridine rings is 1. The Labute approximate surface area is 154 Å². The van der Waals surface area contributed by atoms with Crippen molar-refractivity contribution in [3.8, 4) is 0 Å². The summed E-state index contributed by atoms with van der Waals surface area (Å²) in [6.07, 6.45) is 3.34. The van der Waals surface area contributed by atoms with Gasteiger partial charge in [0.2, 0.25) is 5.56 Å². The van der Waals surface area contributed by atoms with Crippen molar-refractivity contribution in [2.24, 2.45) is 5.92 Å². The molecule has 140 valence electrons. The minimum Gasteiger partial charge on any atom is -0.375 e. The summed E-state index contributed by atoms with van der Waals surface area (Å²) in [7, 11) is 0. The fraction of sp³-hybridized carbons (Fsp3) is 0.524. The van der Waals surface area contributed by atoms with Gasteiger partial charge in [-0.25, -0.2) is 0 Å². The van der Waals surface area contributed by atoms with Crippen molar-refractivity contribution in [3.63, 3.8) is 0 Å². The Kier molecular flexibility index (Phi) is 5.77. The smallest absolute Gasteiger partial charge is 0.254 e. The largest absolute Gasteiger partial charge is 0.375 e. The molecule has 1 aliphatic heterocycles. The van der Waals surface area contributed by atoms with E-state index in [0.717, 1.165) is 23.8 Å². The molecule has 1 saturated heterocycles. The molecule has 0 unspecified atom stereocenters. The second kappa shape index (κ2) is 8.04. The molecule has 26 heavy (non-hydrogen) atoms. The number of benzene rings is 1. The predicted octanol–water partition coefficient (Wildman–Crippen LogP) is 3.50. The molecule has 5 nitrogen and oxygen atoms in total. The predicted molar refractivity (Wildman–Crippen MR) is 104 cm³/mol.